The number of rotatable bonds is 6. The number of hydrogen-bond acceptors (Lipinski definition) is 0. The normalized spacial score (nSPS) is 36.6. The van der Waals surface area contributed by atoms with Gasteiger partial charge in [-0.15, -0.1) is 0 Å². The van der Waals surface area contributed by atoms with Gasteiger partial charge in [-0.3, -0.25) is 0 Å². The Bertz CT molecular complexity index is 796. The quantitative estimate of drug-likeness (QED) is 0.319. The monoisotopic (exact) mass is 571 g/mol. The molecule has 0 bridgehead atoms. The highest BCUT2D eigenvalue weighted by molar-refractivity contribution is 5.37. The van der Waals surface area contributed by atoms with Crippen molar-refractivity contribution < 1.29 is 0 Å². The standard InChI is InChI=1S/C42H66/c1-4-10-31(11-5-1)34-16-22-37(23-17-34)40-28-41(38-24-18-35(19-25-38)32-12-6-2-7-13-32)30-42(29-40)39-26-20-36(21-27-39)33-14-8-3-9-15-33/h28-39H,1-27H2. The topological polar surface area (TPSA) is 0 Å². The second-order valence-corrected chi connectivity index (χ2v) is 17.0. The molecule has 0 heterocycles. The summed E-state index contributed by atoms with van der Waals surface area (Å²) >= 11 is 0. The molecule has 0 radical (unpaired) electrons. The van der Waals surface area contributed by atoms with E-state index in [0.717, 1.165) is 53.3 Å². The molecule has 0 unspecified atom stereocenters. The molecule has 0 nitrogen and oxygen atoms in total. The average molecular weight is 571 g/mol. The summed E-state index contributed by atoms with van der Waals surface area (Å²) in [6.45, 7) is 0. The van der Waals surface area contributed by atoms with Crippen molar-refractivity contribution in [2.24, 2.45) is 35.5 Å². The van der Waals surface area contributed by atoms with Crippen molar-refractivity contribution in [2.45, 2.75) is 191 Å². The van der Waals surface area contributed by atoms with Crippen LogP contribution in [0.25, 0.3) is 0 Å². The third kappa shape index (κ3) is 7.20. The lowest BCUT2D eigenvalue weighted by Gasteiger charge is -2.38. The highest BCUT2D eigenvalue weighted by Gasteiger charge is 2.34. The van der Waals surface area contributed by atoms with Crippen LogP contribution in [-0.4, -0.2) is 0 Å². The molecule has 0 aromatic heterocycles. The highest BCUT2D eigenvalue weighted by atomic mass is 14.4. The van der Waals surface area contributed by atoms with E-state index in [-0.39, 0.29) is 0 Å². The largest absolute Gasteiger partial charge is 0.0552 e. The fourth-order valence-electron chi connectivity index (χ4n) is 12.0. The van der Waals surface area contributed by atoms with Crippen molar-refractivity contribution in [3.63, 3.8) is 0 Å². The summed E-state index contributed by atoms with van der Waals surface area (Å²) in [5.74, 6) is 8.90. The molecule has 0 atom stereocenters. The van der Waals surface area contributed by atoms with Crippen LogP contribution in [0.1, 0.15) is 208 Å². The smallest absolute Gasteiger partial charge is 0.0162 e. The lowest BCUT2D eigenvalue weighted by molar-refractivity contribution is 0.183. The Morgan fingerprint density at radius 3 is 0.690 bits per heavy atom. The van der Waals surface area contributed by atoms with Gasteiger partial charge in [0, 0.05) is 0 Å². The van der Waals surface area contributed by atoms with Crippen LogP contribution >= 0.6 is 0 Å². The molecule has 6 aliphatic rings. The van der Waals surface area contributed by atoms with Crippen LogP contribution < -0.4 is 0 Å². The minimum atomic E-state index is 0.848. The van der Waals surface area contributed by atoms with Gasteiger partial charge in [0.1, 0.15) is 0 Å². The summed E-state index contributed by atoms with van der Waals surface area (Å²) in [7, 11) is 0. The Labute approximate surface area is 261 Å². The summed E-state index contributed by atoms with van der Waals surface area (Å²) in [6.07, 6.45) is 40.9. The zero-order valence-electron chi connectivity index (χ0n) is 27.5. The molecule has 1 aromatic carbocycles. The zero-order chi connectivity index (χ0) is 28.1. The molecule has 234 valence electrons. The lowest BCUT2D eigenvalue weighted by atomic mass is 9.67. The second kappa shape index (κ2) is 14.5. The molecule has 6 saturated carbocycles. The van der Waals surface area contributed by atoms with Crippen molar-refractivity contribution in [2.75, 3.05) is 0 Å². The van der Waals surface area contributed by atoms with E-state index < -0.39 is 0 Å². The van der Waals surface area contributed by atoms with E-state index in [0.29, 0.717) is 0 Å². The van der Waals surface area contributed by atoms with E-state index in [4.69, 9.17) is 0 Å². The Hall–Kier alpha value is -0.780. The summed E-state index contributed by atoms with van der Waals surface area (Å²) in [6, 6.07) is 8.36. The van der Waals surface area contributed by atoms with Crippen LogP contribution in [0.15, 0.2) is 18.2 Å². The first kappa shape index (κ1) is 29.9. The van der Waals surface area contributed by atoms with Gasteiger partial charge < -0.3 is 0 Å². The first-order valence-electron chi connectivity index (χ1n) is 19.9. The van der Waals surface area contributed by atoms with Crippen LogP contribution in [0.2, 0.25) is 0 Å². The van der Waals surface area contributed by atoms with E-state index >= 15 is 0 Å². The molecule has 6 fully saturated rings. The van der Waals surface area contributed by atoms with Crippen molar-refractivity contribution in [3.8, 4) is 0 Å². The second-order valence-electron chi connectivity index (χ2n) is 17.0. The number of hydrogen-bond donors (Lipinski definition) is 0. The van der Waals surface area contributed by atoms with Crippen molar-refractivity contribution >= 4 is 0 Å². The molecular formula is C42H66. The maximum atomic E-state index is 2.79. The Morgan fingerprint density at radius 1 is 0.238 bits per heavy atom. The maximum Gasteiger partial charge on any atom is -0.0162 e. The molecule has 6 aliphatic carbocycles. The Kier molecular flexibility index (Phi) is 10.4. The molecule has 0 aliphatic heterocycles. The summed E-state index contributed by atoms with van der Waals surface area (Å²) in [5, 5.41) is 0. The van der Waals surface area contributed by atoms with Gasteiger partial charge in [0.25, 0.3) is 0 Å². The summed E-state index contributed by atoms with van der Waals surface area (Å²) < 4.78 is 0. The molecule has 0 amide bonds. The molecule has 1 aromatic rings. The fourth-order valence-corrected chi connectivity index (χ4v) is 12.0. The third-order valence-electron chi connectivity index (χ3n) is 14.7. The van der Waals surface area contributed by atoms with Gasteiger partial charge in [0.05, 0.1) is 0 Å². The van der Waals surface area contributed by atoms with Crippen LogP contribution in [0, 0.1) is 35.5 Å². The van der Waals surface area contributed by atoms with E-state index in [1.54, 1.807) is 55.2 Å². The van der Waals surface area contributed by atoms with Gasteiger partial charge >= 0.3 is 0 Å². The van der Waals surface area contributed by atoms with E-state index in [9.17, 15) is 0 Å². The fraction of sp³-hybridized carbons (Fsp3) is 0.857. The van der Waals surface area contributed by atoms with Gasteiger partial charge in [0.15, 0.2) is 0 Å². The zero-order valence-corrected chi connectivity index (χ0v) is 27.5. The van der Waals surface area contributed by atoms with E-state index in [2.05, 4.69) is 18.2 Å². The van der Waals surface area contributed by atoms with Crippen molar-refractivity contribution in [3.05, 3.63) is 34.9 Å². The highest BCUT2D eigenvalue weighted by Crippen LogP contribution is 2.48. The van der Waals surface area contributed by atoms with Gasteiger partial charge in [-0.1, -0.05) is 115 Å². The molecule has 0 spiro atoms. The van der Waals surface area contributed by atoms with Crippen LogP contribution in [0.3, 0.4) is 0 Å². The van der Waals surface area contributed by atoms with Gasteiger partial charge in [-0.05, 0) is 147 Å². The van der Waals surface area contributed by atoms with E-state index in [1.807, 2.05) is 0 Å². The van der Waals surface area contributed by atoms with Crippen molar-refractivity contribution in [1.82, 2.24) is 0 Å². The molecule has 7 rings (SSSR count). The van der Waals surface area contributed by atoms with Crippen LogP contribution in [0.5, 0.6) is 0 Å². The Balaban J connectivity index is 1.04. The van der Waals surface area contributed by atoms with Gasteiger partial charge in [-0.2, -0.15) is 0 Å². The minimum absolute atomic E-state index is 0.848. The number of benzene rings is 1. The lowest BCUT2D eigenvalue weighted by Crippen LogP contribution is -2.24. The molecular weight excluding hydrogens is 504 g/mol. The van der Waals surface area contributed by atoms with E-state index in [1.165, 1.54) is 135 Å². The first-order chi connectivity index (χ1) is 20.8. The van der Waals surface area contributed by atoms with Gasteiger partial charge in [-0.25, -0.2) is 0 Å². The predicted molar refractivity (Wildman–Crippen MR) is 180 cm³/mol. The van der Waals surface area contributed by atoms with Crippen LogP contribution in [0.4, 0.5) is 0 Å². The van der Waals surface area contributed by atoms with Crippen molar-refractivity contribution in [1.29, 1.82) is 0 Å². The first-order valence-corrected chi connectivity index (χ1v) is 19.9. The molecule has 42 heavy (non-hydrogen) atoms. The summed E-state index contributed by atoms with van der Waals surface area (Å²) in [4.78, 5) is 0. The molecule has 0 saturated heterocycles. The SMILES string of the molecule is c1c(C2CCC(C3CCCCC3)CC2)cc(C2CCC(C3CCCCC3)CC2)cc1C1CCC(C2CCCCC2)CC1. The summed E-state index contributed by atoms with van der Waals surface area (Å²) in [5.41, 5.74) is 5.36. The van der Waals surface area contributed by atoms with Crippen LogP contribution in [-0.2, 0) is 0 Å². The third-order valence-corrected chi connectivity index (χ3v) is 14.7. The maximum absolute atomic E-state index is 2.79. The predicted octanol–water partition coefficient (Wildman–Crippen LogP) is 13.2. The van der Waals surface area contributed by atoms with Gasteiger partial charge in [0.2, 0.25) is 0 Å². The average Bonchev–Trinajstić information content (AvgIpc) is 3.09. The molecule has 0 heteroatoms. The molecule has 0 N–H and O–H groups in total. The Morgan fingerprint density at radius 2 is 0.452 bits per heavy atom. The minimum Gasteiger partial charge on any atom is -0.0552 e.